The standard InChI is InChI=1S/C13H20O2/c1-10(2)7-8-15-13-6-4-5-12(9-13)11(3)14/h4-6,9-11,14H,7-8H2,1-3H3/t11-/m0/s1. The van der Waals surface area contributed by atoms with Gasteiger partial charge in [0.05, 0.1) is 12.7 Å². The molecular weight excluding hydrogens is 188 g/mol. The second-order valence-corrected chi connectivity index (χ2v) is 4.28. The summed E-state index contributed by atoms with van der Waals surface area (Å²) in [6.45, 7) is 6.85. The van der Waals surface area contributed by atoms with Crippen molar-refractivity contribution in [3.63, 3.8) is 0 Å². The lowest BCUT2D eigenvalue weighted by molar-refractivity contribution is 0.198. The van der Waals surface area contributed by atoms with Crippen molar-refractivity contribution >= 4 is 0 Å². The van der Waals surface area contributed by atoms with Crippen molar-refractivity contribution in [2.45, 2.75) is 33.3 Å². The highest BCUT2D eigenvalue weighted by Crippen LogP contribution is 2.19. The molecule has 1 atom stereocenters. The fourth-order valence-corrected chi connectivity index (χ4v) is 1.28. The second-order valence-electron chi connectivity index (χ2n) is 4.28. The predicted octanol–water partition coefficient (Wildman–Crippen LogP) is 3.16. The van der Waals surface area contributed by atoms with Gasteiger partial charge in [-0.2, -0.15) is 0 Å². The quantitative estimate of drug-likeness (QED) is 0.805. The Bertz CT molecular complexity index is 292. The number of aliphatic hydroxyl groups is 1. The Balaban J connectivity index is 2.50. The molecule has 1 aromatic rings. The average Bonchev–Trinajstić information content (AvgIpc) is 2.17. The summed E-state index contributed by atoms with van der Waals surface area (Å²) in [5, 5.41) is 9.41. The summed E-state index contributed by atoms with van der Waals surface area (Å²) in [4.78, 5) is 0. The van der Waals surface area contributed by atoms with Crippen molar-refractivity contribution < 1.29 is 9.84 Å². The summed E-state index contributed by atoms with van der Waals surface area (Å²) >= 11 is 0. The van der Waals surface area contributed by atoms with E-state index in [4.69, 9.17) is 4.74 Å². The second kappa shape index (κ2) is 5.76. The summed E-state index contributed by atoms with van der Waals surface area (Å²) in [6.07, 6.45) is 0.623. The van der Waals surface area contributed by atoms with Crippen molar-refractivity contribution in [3.8, 4) is 5.75 Å². The Morgan fingerprint density at radius 1 is 1.27 bits per heavy atom. The minimum absolute atomic E-state index is 0.432. The molecule has 0 heterocycles. The molecule has 0 spiro atoms. The minimum Gasteiger partial charge on any atom is -0.494 e. The zero-order chi connectivity index (χ0) is 11.3. The molecular formula is C13H20O2. The molecule has 2 heteroatoms. The maximum Gasteiger partial charge on any atom is 0.119 e. The van der Waals surface area contributed by atoms with Crippen LogP contribution in [0.25, 0.3) is 0 Å². The third-order valence-electron chi connectivity index (χ3n) is 2.30. The molecule has 0 aromatic heterocycles. The van der Waals surface area contributed by atoms with Gasteiger partial charge < -0.3 is 9.84 Å². The molecule has 1 rings (SSSR count). The van der Waals surface area contributed by atoms with Gasteiger partial charge in [0.2, 0.25) is 0 Å². The Labute approximate surface area is 91.9 Å². The van der Waals surface area contributed by atoms with Crippen molar-refractivity contribution in [1.82, 2.24) is 0 Å². The van der Waals surface area contributed by atoms with Gasteiger partial charge in [0.25, 0.3) is 0 Å². The van der Waals surface area contributed by atoms with E-state index >= 15 is 0 Å². The highest BCUT2D eigenvalue weighted by Gasteiger charge is 2.02. The molecule has 0 fully saturated rings. The fourth-order valence-electron chi connectivity index (χ4n) is 1.28. The van der Waals surface area contributed by atoms with Crippen LogP contribution in [0.5, 0.6) is 5.75 Å². The number of aliphatic hydroxyl groups excluding tert-OH is 1. The first-order chi connectivity index (χ1) is 7.09. The van der Waals surface area contributed by atoms with Gasteiger partial charge in [-0.25, -0.2) is 0 Å². The average molecular weight is 208 g/mol. The Hall–Kier alpha value is -1.02. The molecule has 0 saturated heterocycles. The Morgan fingerprint density at radius 3 is 2.60 bits per heavy atom. The molecule has 0 bridgehead atoms. The smallest absolute Gasteiger partial charge is 0.119 e. The van der Waals surface area contributed by atoms with Gasteiger partial charge >= 0.3 is 0 Å². The van der Waals surface area contributed by atoms with Crippen LogP contribution >= 0.6 is 0 Å². The SMILES string of the molecule is CC(C)CCOc1cccc([C@H](C)O)c1. The highest BCUT2D eigenvalue weighted by molar-refractivity contribution is 5.29. The Morgan fingerprint density at radius 2 is 2.00 bits per heavy atom. The first-order valence-electron chi connectivity index (χ1n) is 5.50. The first kappa shape index (κ1) is 12.1. The number of benzene rings is 1. The summed E-state index contributed by atoms with van der Waals surface area (Å²) < 4.78 is 5.60. The van der Waals surface area contributed by atoms with E-state index in [2.05, 4.69) is 13.8 Å². The van der Waals surface area contributed by atoms with Crippen molar-refractivity contribution in [2.75, 3.05) is 6.61 Å². The monoisotopic (exact) mass is 208 g/mol. The molecule has 0 saturated carbocycles. The van der Waals surface area contributed by atoms with Crippen molar-refractivity contribution in [1.29, 1.82) is 0 Å². The van der Waals surface area contributed by atoms with Crippen LogP contribution in [0.2, 0.25) is 0 Å². The molecule has 0 aliphatic heterocycles. The first-order valence-corrected chi connectivity index (χ1v) is 5.50. The maximum absolute atomic E-state index is 9.41. The lowest BCUT2D eigenvalue weighted by atomic mass is 10.1. The summed E-state index contributed by atoms with van der Waals surface area (Å²) in [7, 11) is 0. The van der Waals surface area contributed by atoms with E-state index in [0.29, 0.717) is 5.92 Å². The van der Waals surface area contributed by atoms with Gasteiger partial charge in [-0.05, 0) is 37.0 Å². The van der Waals surface area contributed by atoms with E-state index < -0.39 is 6.10 Å². The summed E-state index contributed by atoms with van der Waals surface area (Å²) in [5.41, 5.74) is 0.900. The lowest BCUT2D eigenvalue weighted by Crippen LogP contribution is -2.02. The fraction of sp³-hybridized carbons (Fsp3) is 0.538. The third-order valence-corrected chi connectivity index (χ3v) is 2.30. The van der Waals surface area contributed by atoms with Crippen molar-refractivity contribution in [3.05, 3.63) is 29.8 Å². The Kier molecular flexibility index (Phi) is 4.63. The third kappa shape index (κ3) is 4.34. The van der Waals surface area contributed by atoms with Crippen LogP contribution in [0.3, 0.4) is 0 Å². The largest absolute Gasteiger partial charge is 0.494 e. The number of hydrogen-bond donors (Lipinski definition) is 1. The summed E-state index contributed by atoms with van der Waals surface area (Å²) in [6, 6.07) is 7.63. The molecule has 2 nitrogen and oxygen atoms in total. The molecule has 0 amide bonds. The molecule has 0 aliphatic rings. The van der Waals surface area contributed by atoms with Crippen LogP contribution < -0.4 is 4.74 Å². The van der Waals surface area contributed by atoms with E-state index in [-0.39, 0.29) is 0 Å². The van der Waals surface area contributed by atoms with E-state index in [1.165, 1.54) is 0 Å². The molecule has 15 heavy (non-hydrogen) atoms. The zero-order valence-electron chi connectivity index (χ0n) is 9.73. The van der Waals surface area contributed by atoms with Crippen molar-refractivity contribution in [2.24, 2.45) is 5.92 Å². The van der Waals surface area contributed by atoms with E-state index in [9.17, 15) is 5.11 Å². The van der Waals surface area contributed by atoms with Gasteiger partial charge in [0.1, 0.15) is 5.75 Å². The number of ether oxygens (including phenoxy) is 1. The zero-order valence-corrected chi connectivity index (χ0v) is 9.73. The number of hydrogen-bond acceptors (Lipinski definition) is 2. The van der Waals surface area contributed by atoms with Crippen LogP contribution in [0, 0.1) is 5.92 Å². The number of rotatable bonds is 5. The maximum atomic E-state index is 9.41. The highest BCUT2D eigenvalue weighted by atomic mass is 16.5. The van der Waals surface area contributed by atoms with Gasteiger partial charge in [-0.15, -0.1) is 0 Å². The predicted molar refractivity (Wildman–Crippen MR) is 62.0 cm³/mol. The normalized spacial score (nSPS) is 12.9. The molecule has 0 radical (unpaired) electrons. The van der Waals surface area contributed by atoms with Gasteiger partial charge in [0.15, 0.2) is 0 Å². The molecule has 0 aliphatic carbocycles. The van der Waals surface area contributed by atoms with E-state index in [0.717, 1.165) is 24.3 Å². The van der Waals surface area contributed by atoms with Crippen LogP contribution in [-0.4, -0.2) is 11.7 Å². The van der Waals surface area contributed by atoms with Gasteiger partial charge in [0, 0.05) is 0 Å². The van der Waals surface area contributed by atoms with Crippen LogP contribution in [0.1, 0.15) is 38.9 Å². The van der Waals surface area contributed by atoms with E-state index in [1.54, 1.807) is 6.92 Å². The summed E-state index contributed by atoms with van der Waals surface area (Å²) in [5.74, 6) is 1.50. The van der Waals surface area contributed by atoms with Crippen LogP contribution in [0.4, 0.5) is 0 Å². The molecule has 1 aromatic carbocycles. The topological polar surface area (TPSA) is 29.5 Å². The van der Waals surface area contributed by atoms with E-state index in [1.807, 2.05) is 24.3 Å². The van der Waals surface area contributed by atoms with Crippen LogP contribution in [-0.2, 0) is 0 Å². The molecule has 0 unspecified atom stereocenters. The van der Waals surface area contributed by atoms with Crippen LogP contribution in [0.15, 0.2) is 24.3 Å². The van der Waals surface area contributed by atoms with Gasteiger partial charge in [-0.1, -0.05) is 26.0 Å². The molecule has 1 N–H and O–H groups in total. The van der Waals surface area contributed by atoms with Gasteiger partial charge in [-0.3, -0.25) is 0 Å². The lowest BCUT2D eigenvalue weighted by Gasteiger charge is -2.10. The molecule has 84 valence electrons. The minimum atomic E-state index is -0.432.